The third kappa shape index (κ3) is 4.87. The molecule has 0 aliphatic carbocycles. The summed E-state index contributed by atoms with van der Waals surface area (Å²) in [6.45, 7) is 4.89. The number of fused-ring (bicyclic) bond motifs is 2. The number of nitrogens with zero attached hydrogens (tertiary/aromatic N) is 4. The maximum absolute atomic E-state index is 5.71. The molecule has 0 spiro atoms. The van der Waals surface area contributed by atoms with Gasteiger partial charge in [0.25, 0.3) is 0 Å². The van der Waals surface area contributed by atoms with Crippen LogP contribution >= 0.6 is 0 Å². The predicted molar refractivity (Wildman–Crippen MR) is 147 cm³/mol. The van der Waals surface area contributed by atoms with E-state index < -0.39 is 0 Å². The number of pyridine rings is 1. The Kier molecular flexibility index (Phi) is 6.46. The van der Waals surface area contributed by atoms with Crippen LogP contribution < -0.4 is 14.4 Å². The van der Waals surface area contributed by atoms with Crippen molar-refractivity contribution in [2.45, 2.75) is 39.4 Å². The number of hydrogen-bond acceptors (Lipinski definition) is 5. The van der Waals surface area contributed by atoms with Crippen LogP contribution in [-0.2, 0) is 19.6 Å². The van der Waals surface area contributed by atoms with E-state index in [1.807, 2.05) is 30.6 Å². The summed E-state index contributed by atoms with van der Waals surface area (Å²) in [5.74, 6) is 2.60. The minimum atomic E-state index is 0.265. The van der Waals surface area contributed by atoms with E-state index in [-0.39, 0.29) is 6.79 Å². The van der Waals surface area contributed by atoms with Crippen molar-refractivity contribution in [2.24, 2.45) is 0 Å². The minimum Gasteiger partial charge on any atom is -0.454 e. The lowest BCUT2D eigenvalue weighted by molar-refractivity contribution is 0.174. The van der Waals surface area contributed by atoms with E-state index >= 15 is 0 Å². The van der Waals surface area contributed by atoms with Gasteiger partial charge in [0.15, 0.2) is 11.5 Å². The number of ether oxygens (including phenoxy) is 2. The van der Waals surface area contributed by atoms with E-state index in [0.717, 1.165) is 65.4 Å². The third-order valence-electron chi connectivity index (χ3n) is 6.82. The molecule has 0 unspecified atom stereocenters. The van der Waals surface area contributed by atoms with Crippen molar-refractivity contribution >= 4 is 16.6 Å². The van der Waals surface area contributed by atoms with Gasteiger partial charge in [-0.3, -0.25) is 4.98 Å². The Morgan fingerprint density at radius 2 is 1.76 bits per heavy atom. The molecule has 2 aromatic heterocycles. The van der Waals surface area contributed by atoms with Crippen LogP contribution in [0.1, 0.15) is 31.0 Å². The molecule has 3 heterocycles. The average molecular weight is 491 g/mol. The molecule has 1 aliphatic heterocycles. The molecule has 0 atom stereocenters. The van der Waals surface area contributed by atoms with Crippen molar-refractivity contribution in [1.29, 1.82) is 0 Å². The summed E-state index contributed by atoms with van der Waals surface area (Å²) in [4.78, 5) is 11.7. The Bertz CT molecular complexity index is 1510. The van der Waals surface area contributed by atoms with Gasteiger partial charge in [-0.25, -0.2) is 4.98 Å². The van der Waals surface area contributed by atoms with Gasteiger partial charge in [-0.05, 0) is 42.3 Å². The Balaban J connectivity index is 1.37. The molecule has 37 heavy (non-hydrogen) atoms. The van der Waals surface area contributed by atoms with Crippen LogP contribution in [0.25, 0.3) is 22.3 Å². The van der Waals surface area contributed by atoms with Gasteiger partial charge in [-0.2, -0.15) is 0 Å². The van der Waals surface area contributed by atoms with E-state index in [2.05, 4.69) is 82.0 Å². The van der Waals surface area contributed by atoms with E-state index in [0.29, 0.717) is 6.54 Å². The van der Waals surface area contributed by atoms with Crippen LogP contribution in [0.4, 0.5) is 5.69 Å². The van der Waals surface area contributed by atoms with Gasteiger partial charge < -0.3 is 18.9 Å². The molecule has 0 amide bonds. The lowest BCUT2D eigenvalue weighted by Crippen LogP contribution is -2.24. The van der Waals surface area contributed by atoms with Gasteiger partial charge in [0.2, 0.25) is 6.79 Å². The molecule has 6 rings (SSSR count). The zero-order chi connectivity index (χ0) is 25.0. The summed E-state index contributed by atoms with van der Waals surface area (Å²) >= 11 is 0. The Morgan fingerprint density at radius 3 is 2.65 bits per heavy atom. The highest BCUT2D eigenvalue weighted by molar-refractivity contribution is 5.79. The second-order valence-corrected chi connectivity index (χ2v) is 9.37. The first-order chi connectivity index (χ1) is 18.3. The van der Waals surface area contributed by atoms with Crippen molar-refractivity contribution in [1.82, 2.24) is 14.5 Å². The van der Waals surface area contributed by atoms with Crippen molar-refractivity contribution in [2.75, 3.05) is 11.7 Å². The summed E-state index contributed by atoms with van der Waals surface area (Å²) in [7, 11) is 0. The molecule has 0 bridgehead atoms. The number of hydrogen-bond donors (Lipinski definition) is 0. The Labute approximate surface area is 217 Å². The fourth-order valence-corrected chi connectivity index (χ4v) is 4.88. The lowest BCUT2D eigenvalue weighted by atomic mass is 10.1. The zero-order valence-corrected chi connectivity index (χ0v) is 21.0. The second-order valence-electron chi connectivity index (χ2n) is 9.37. The van der Waals surface area contributed by atoms with E-state index in [9.17, 15) is 0 Å². The van der Waals surface area contributed by atoms with Crippen molar-refractivity contribution in [3.8, 4) is 22.9 Å². The molecule has 0 saturated carbocycles. The lowest BCUT2D eigenvalue weighted by Gasteiger charge is -2.26. The smallest absolute Gasteiger partial charge is 0.231 e. The number of anilines is 1. The molecule has 0 fully saturated rings. The minimum absolute atomic E-state index is 0.265. The molecule has 1 aliphatic rings. The molecule has 3 aromatic carbocycles. The molecule has 6 nitrogen and oxygen atoms in total. The maximum Gasteiger partial charge on any atom is 0.231 e. The van der Waals surface area contributed by atoms with Crippen LogP contribution in [0.2, 0.25) is 0 Å². The normalized spacial score (nSPS) is 12.2. The first kappa shape index (κ1) is 23.1. The monoisotopic (exact) mass is 490 g/mol. The summed E-state index contributed by atoms with van der Waals surface area (Å²) < 4.78 is 13.7. The van der Waals surface area contributed by atoms with Gasteiger partial charge >= 0.3 is 0 Å². The summed E-state index contributed by atoms with van der Waals surface area (Å²) in [5, 5.41) is 1.14. The fraction of sp³-hybridized carbons (Fsp3) is 0.226. The van der Waals surface area contributed by atoms with Gasteiger partial charge in [-0.15, -0.1) is 0 Å². The third-order valence-corrected chi connectivity index (χ3v) is 6.82. The van der Waals surface area contributed by atoms with Gasteiger partial charge in [-0.1, -0.05) is 55.8 Å². The Morgan fingerprint density at radius 1 is 0.865 bits per heavy atom. The topological polar surface area (TPSA) is 52.4 Å². The van der Waals surface area contributed by atoms with Gasteiger partial charge in [0, 0.05) is 42.0 Å². The predicted octanol–water partition coefficient (Wildman–Crippen LogP) is 6.83. The molecular weight excluding hydrogens is 460 g/mol. The van der Waals surface area contributed by atoms with E-state index in [1.165, 1.54) is 11.3 Å². The number of benzene rings is 3. The highest BCUT2D eigenvalue weighted by Gasteiger charge is 2.19. The summed E-state index contributed by atoms with van der Waals surface area (Å²) in [6, 6.07) is 27.2. The quantitative estimate of drug-likeness (QED) is 0.227. The molecule has 0 saturated heterocycles. The van der Waals surface area contributed by atoms with E-state index in [4.69, 9.17) is 14.5 Å². The maximum atomic E-state index is 5.71. The highest BCUT2D eigenvalue weighted by atomic mass is 16.7. The first-order valence-electron chi connectivity index (χ1n) is 12.9. The van der Waals surface area contributed by atoms with Crippen LogP contribution in [0.3, 0.4) is 0 Å². The number of unbranched alkanes of at least 4 members (excludes halogenated alkanes) is 1. The van der Waals surface area contributed by atoms with Crippen molar-refractivity contribution < 1.29 is 9.47 Å². The van der Waals surface area contributed by atoms with Crippen molar-refractivity contribution in [3.05, 3.63) is 103 Å². The second kappa shape index (κ2) is 10.3. The summed E-state index contributed by atoms with van der Waals surface area (Å²) in [6.07, 6.45) is 6.10. The Hall–Kier alpha value is -4.32. The van der Waals surface area contributed by atoms with Gasteiger partial charge in [0.1, 0.15) is 5.82 Å². The number of aromatic nitrogens is 3. The molecule has 6 heteroatoms. The van der Waals surface area contributed by atoms with Crippen molar-refractivity contribution in [3.63, 3.8) is 0 Å². The molecule has 0 N–H and O–H groups in total. The number of rotatable bonds is 9. The van der Waals surface area contributed by atoms with Crippen LogP contribution in [0.5, 0.6) is 11.5 Å². The zero-order valence-electron chi connectivity index (χ0n) is 21.0. The van der Waals surface area contributed by atoms with Gasteiger partial charge in [0.05, 0.1) is 24.0 Å². The summed E-state index contributed by atoms with van der Waals surface area (Å²) in [5.41, 5.74) is 5.64. The molecule has 186 valence electrons. The van der Waals surface area contributed by atoms with E-state index in [1.54, 1.807) is 0 Å². The molecule has 5 aromatic rings. The fourth-order valence-electron chi connectivity index (χ4n) is 4.88. The largest absolute Gasteiger partial charge is 0.454 e. The SMILES string of the molecule is CCCCn1c(CN(Cc2ccc3ncccc3c2)c2ccc3c(c2)OCO3)cnc1-c1ccccc1. The highest BCUT2D eigenvalue weighted by Crippen LogP contribution is 2.36. The van der Waals surface area contributed by atoms with Crippen LogP contribution in [0.15, 0.2) is 91.3 Å². The molecular formula is C31H30N4O2. The first-order valence-corrected chi connectivity index (χ1v) is 12.9. The average Bonchev–Trinajstić information content (AvgIpc) is 3.58. The van der Waals surface area contributed by atoms with Crippen LogP contribution in [-0.4, -0.2) is 21.3 Å². The standard InChI is InChI=1S/C31H30N4O2/c1-2-3-16-35-27(19-33-31(35)24-8-5-4-6-9-24)21-34(26-12-14-29-30(18-26)37-22-36-29)20-23-11-13-28-25(17-23)10-7-15-32-28/h4-15,17-19H,2-3,16,20-22H2,1H3. The number of imidazole rings is 1. The molecule has 0 radical (unpaired) electrons. The van der Waals surface area contributed by atoms with Crippen LogP contribution in [0, 0.1) is 0 Å².